The number of benzene rings is 3. The molecular formula is C33H45NO3. The Kier molecular flexibility index (Phi) is 14.3. The molecule has 0 unspecified atom stereocenters. The maximum atomic E-state index is 8.76. The van der Waals surface area contributed by atoms with E-state index in [0.717, 1.165) is 35.6 Å². The zero-order valence-electron chi connectivity index (χ0n) is 22.4. The van der Waals surface area contributed by atoms with Gasteiger partial charge in [0.1, 0.15) is 13.2 Å². The highest BCUT2D eigenvalue weighted by Gasteiger charge is 2.09. The lowest BCUT2D eigenvalue weighted by atomic mass is 10.0. The molecule has 0 fully saturated rings. The topological polar surface area (TPSA) is 50.7 Å². The van der Waals surface area contributed by atoms with Gasteiger partial charge in [0.25, 0.3) is 0 Å². The second kappa shape index (κ2) is 18.4. The predicted molar refractivity (Wildman–Crippen MR) is 153 cm³/mol. The summed E-state index contributed by atoms with van der Waals surface area (Å²) in [5, 5.41) is 12.0. The van der Waals surface area contributed by atoms with Crippen molar-refractivity contribution in [1.82, 2.24) is 5.32 Å². The Labute approximate surface area is 224 Å². The van der Waals surface area contributed by atoms with Crippen LogP contribution in [0.25, 0.3) is 0 Å². The lowest BCUT2D eigenvalue weighted by molar-refractivity contribution is 0.255. The monoisotopic (exact) mass is 503 g/mol. The molecular weight excluding hydrogens is 458 g/mol. The van der Waals surface area contributed by atoms with Gasteiger partial charge in [0.05, 0.1) is 6.61 Å². The highest BCUT2D eigenvalue weighted by molar-refractivity contribution is 5.43. The minimum atomic E-state index is 0.234. The van der Waals surface area contributed by atoms with Gasteiger partial charge in [0.2, 0.25) is 0 Å². The van der Waals surface area contributed by atoms with Crippen LogP contribution in [0.5, 0.6) is 11.5 Å². The van der Waals surface area contributed by atoms with E-state index in [2.05, 4.69) is 47.8 Å². The number of rotatable bonds is 20. The zero-order chi connectivity index (χ0) is 25.8. The van der Waals surface area contributed by atoms with E-state index in [9.17, 15) is 0 Å². The summed E-state index contributed by atoms with van der Waals surface area (Å²) in [7, 11) is 0. The van der Waals surface area contributed by atoms with Crippen molar-refractivity contribution in [1.29, 1.82) is 0 Å². The largest absolute Gasteiger partial charge is 0.485 e. The Morgan fingerprint density at radius 2 is 1.05 bits per heavy atom. The van der Waals surface area contributed by atoms with Gasteiger partial charge in [-0.05, 0) is 54.6 Å². The maximum Gasteiger partial charge on any atom is 0.161 e. The van der Waals surface area contributed by atoms with Crippen molar-refractivity contribution >= 4 is 0 Å². The molecule has 0 bridgehead atoms. The molecule has 0 aromatic heterocycles. The van der Waals surface area contributed by atoms with Gasteiger partial charge in [0.15, 0.2) is 11.5 Å². The molecule has 0 radical (unpaired) electrons. The minimum absolute atomic E-state index is 0.234. The molecule has 0 aliphatic carbocycles. The number of unbranched alkanes of at least 4 members (excludes halogenated alkanes) is 8. The van der Waals surface area contributed by atoms with Crippen molar-refractivity contribution in [2.75, 3.05) is 19.7 Å². The summed E-state index contributed by atoms with van der Waals surface area (Å²) in [6, 6.07) is 27.0. The SMILES string of the molecule is OCCNCCCCCCCCCCCc1ccc(OCc2ccccc2)c(OCc2ccccc2)c1. The molecule has 4 nitrogen and oxygen atoms in total. The van der Waals surface area contributed by atoms with Crippen LogP contribution < -0.4 is 14.8 Å². The number of hydrogen-bond acceptors (Lipinski definition) is 4. The highest BCUT2D eigenvalue weighted by Crippen LogP contribution is 2.31. The van der Waals surface area contributed by atoms with Crippen LogP contribution in [0.1, 0.15) is 74.5 Å². The van der Waals surface area contributed by atoms with Crippen LogP contribution in [0.15, 0.2) is 78.9 Å². The quantitative estimate of drug-likeness (QED) is 0.157. The highest BCUT2D eigenvalue weighted by atomic mass is 16.5. The van der Waals surface area contributed by atoms with Crippen LogP contribution in [-0.2, 0) is 19.6 Å². The fourth-order valence-corrected chi connectivity index (χ4v) is 4.43. The summed E-state index contributed by atoms with van der Waals surface area (Å²) in [5.74, 6) is 1.62. The summed E-state index contributed by atoms with van der Waals surface area (Å²) in [6.45, 7) is 3.04. The van der Waals surface area contributed by atoms with E-state index in [4.69, 9.17) is 14.6 Å². The Morgan fingerprint density at radius 3 is 1.65 bits per heavy atom. The molecule has 0 amide bonds. The second-order valence-electron chi connectivity index (χ2n) is 9.74. The van der Waals surface area contributed by atoms with E-state index in [1.54, 1.807) is 0 Å². The van der Waals surface area contributed by atoms with E-state index in [1.807, 2.05) is 36.4 Å². The standard InChI is InChI=1S/C33H45NO3/c35-25-24-34-23-15-7-5-3-1-2-4-6-10-16-29-21-22-32(36-27-30-17-11-8-12-18-30)33(26-29)37-28-31-19-13-9-14-20-31/h8-9,11-14,17-22,26,34-35H,1-7,10,15-16,23-25,27-28H2. The van der Waals surface area contributed by atoms with Crippen molar-refractivity contribution in [2.45, 2.75) is 77.4 Å². The Morgan fingerprint density at radius 1 is 0.514 bits per heavy atom. The van der Waals surface area contributed by atoms with Crippen LogP contribution in [0.4, 0.5) is 0 Å². The van der Waals surface area contributed by atoms with Crippen molar-refractivity contribution in [3.8, 4) is 11.5 Å². The molecule has 3 aromatic carbocycles. The molecule has 0 heterocycles. The van der Waals surface area contributed by atoms with E-state index < -0.39 is 0 Å². The van der Waals surface area contributed by atoms with Crippen molar-refractivity contribution in [2.24, 2.45) is 0 Å². The van der Waals surface area contributed by atoms with Gasteiger partial charge in [-0.2, -0.15) is 0 Å². The number of aliphatic hydroxyl groups is 1. The molecule has 0 aliphatic heterocycles. The van der Waals surface area contributed by atoms with Crippen LogP contribution in [0.2, 0.25) is 0 Å². The number of aryl methyl sites for hydroxylation is 1. The number of ether oxygens (including phenoxy) is 2. The van der Waals surface area contributed by atoms with E-state index in [-0.39, 0.29) is 6.61 Å². The average Bonchev–Trinajstić information content (AvgIpc) is 2.95. The normalized spacial score (nSPS) is 10.9. The van der Waals surface area contributed by atoms with Crippen molar-refractivity contribution in [3.63, 3.8) is 0 Å². The molecule has 200 valence electrons. The van der Waals surface area contributed by atoms with Crippen molar-refractivity contribution in [3.05, 3.63) is 95.6 Å². The molecule has 0 atom stereocenters. The lowest BCUT2D eigenvalue weighted by Gasteiger charge is -2.15. The third-order valence-electron chi connectivity index (χ3n) is 6.59. The third-order valence-corrected chi connectivity index (χ3v) is 6.59. The van der Waals surface area contributed by atoms with Gasteiger partial charge in [-0.15, -0.1) is 0 Å². The first kappa shape index (κ1) is 28.7. The third kappa shape index (κ3) is 12.3. The van der Waals surface area contributed by atoms with Gasteiger partial charge in [-0.1, -0.05) is 112 Å². The predicted octanol–water partition coefficient (Wildman–Crippen LogP) is 7.48. The van der Waals surface area contributed by atoms with Crippen LogP contribution in [0.3, 0.4) is 0 Å². The van der Waals surface area contributed by atoms with Crippen LogP contribution in [0, 0.1) is 0 Å². The average molecular weight is 504 g/mol. The van der Waals surface area contributed by atoms with Gasteiger partial charge >= 0.3 is 0 Å². The lowest BCUT2D eigenvalue weighted by Crippen LogP contribution is -2.19. The molecule has 0 saturated carbocycles. The fraction of sp³-hybridized carbons (Fsp3) is 0.455. The molecule has 37 heavy (non-hydrogen) atoms. The Bertz CT molecular complexity index is 962. The van der Waals surface area contributed by atoms with E-state index in [1.165, 1.54) is 63.4 Å². The summed E-state index contributed by atoms with van der Waals surface area (Å²) >= 11 is 0. The maximum absolute atomic E-state index is 8.76. The molecule has 0 aliphatic rings. The minimum Gasteiger partial charge on any atom is -0.485 e. The first-order valence-corrected chi connectivity index (χ1v) is 14.1. The molecule has 0 spiro atoms. The number of aliphatic hydroxyl groups excluding tert-OH is 1. The number of nitrogens with one attached hydrogen (secondary N) is 1. The van der Waals surface area contributed by atoms with Gasteiger partial charge < -0.3 is 19.9 Å². The molecule has 3 aromatic rings. The van der Waals surface area contributed by atoms with Crippen LogP contribution in [-0.4, -0.2) is 24.8 Å². The van der Waals surface area contributed by atoms with Crippen molar-refractivity contribution < 1.29 is 14.6 Å². The molecule has 2 N–H and O–H groups in total. The molecule has 0 saturated heterocycles. The summed E-state index contributed by atoms with van der Waals surface area (Å²) in [6.07, 6.45) is 12.7. The molecule has 3 rings (SSSR count). The Hall–Kier alpha value is -2.82. The smallest absolute Gasteiger partial charge is 0.161 e. The molecule has 4 heteroatoms. The zero-order valence-corrected chi connectivity index (χ0v) is 22.4. The van der Waals surface area contributed by atoms with E-state index >= 15 is 0 Å². The number of hydrogen-bond donors (Lipinski definition) is 2. The first-order valence-electron chi connectivity index (χ1n) is 14.1. The van der Waals surface area contributed by atoms with Crippen LogP contribution >= 0.6 is 0 Å². The summed E-state index contributed by atoms with van der Waals surface area (Å²) < 4.78 is 12.4. The van der Waals surface area contributed by atoms with E-state index in [0.29, 0.717) is 19.8 Å². The summed E-state index contributed by atoms with van der Waals surface area (Å²) in [4.78, 5) is 0. The van der Waals surface area contributed by atoms with Gasteiger partial charge in [0, 0.05) is 6.54 Å². The second-order valence-corrected chi connectivity index (χ2v) is 9.74. The van der Waals surface area contributed by atoms with Gasteiger partial charge in [-0.25, -0.2) is 0 Å². The Balaban J connectivity index is 1.38. The fourth-order valence-electron chi connectivity index (χ4n) is 4.43. The first-order chi connectivity index (χ1) is 18.3. The summed E-state index contributed by atoms with van der Waals surface area (Å²) in [5.41, 5.74) is 3.61. The van der Waals surface area contributed by atoms with Gasteiger partial charge in [-0.3, -0.25) is 0 Å².